The summed E-state index contributed by atoms with van der Waals surface area (Å²) < 4.78 is 8.82. The van der Waals surface area contributed by atoms with Gasteiger partial charge < -0.3 is 8.98 Å². The molecule has 40 heavy (non-hydrogen) atoms. The Morgan fingerprint density at radius 2 is 1.35 bits per heavy atom. The molecule has 8 rings (SSSR count). The van der Waals surface area contributed by atoms with Crippen molar-refractivity contribution in [3.8, 4) is 34.0 Å². The lowest BCUT2D eigenvalue weighted by Crippen LogP contribution is -1.97. The van der Waals surface area contributed by atoms with E-state index in [9.17, 15) is 5.26 Å². The predicted octanol–water partition coefficient (Wildman–Crippen LogP) is 9.28. The summed E-state index contributed by atoms with van der Waals surface area (Å²) in [6.07, 6.45) is 3.33. The number of fused-ring (bicyclic) bond motifs is 7. The van der Waals surface area contributed by atoms with Crippen LogP contribution in [-0.4, -0.2) is 9.55 Å². The Bertz CT molecular complexity index is 2280. The number of para-hydroxylation sites is 3. The van der Waals surface area contributed by atoms with Crippen LogP contribution in [0, 0.1) is 11.3 Å². The molecule has 0 saturated carbocycles. The van der Waals surface area contributed by atoms with Gasteiger partial charge in [-0.1, -0.05) is 78.9 Å². The number of benzene rings is 5. The minimum Gasteiger partial charge on any atom is -0.455 e. The average molecular weight is 512 g/mol. The Kier molecular flexibility index (Phi) is 4.85. The molecular formula is C36H21N3O. The van der Waals surface area contributed by atoms with Crippen LogP contribution in [0.2, 0.25) is 0 Å². The van der Waals surface area contributed by atoms with Crippen molar-refractivity contribution in [1.82, 2.24) is 9.55 Å². The monoisotopic (exact) mass is 511 g/mol. The van der Waals surface area contributed by atoms with E-state index in [1.807, 2.05) is 18.2 Å². The zero-order valence-corrected chi connectivity index (χ0v) is 21.4. The van der Waals surface area contributed by atoms with E-state index >= 15 is 0 Å². The van der Waals surface area contributed by atoms with Crippen molar-refractivity contribution >= 4 is 43.7 Å². The normalized spacial score (nSPS) is 11.5. The first-order chi connectivity index (χ1) is 19.8. The van der Waals surface area contributed by atoms with Crippen molar-refractivity contribution in [3.05, 3.63) is 133 Å². The topological polar surface area (TPSA) is 54.8 Å². The van der Waals surface area contributed by atoms with Crippen LogP contribution in [0.4, 0.5) is 0 Å². The van der Waals surface area contributed by atoms with Crippen molar-refractivity contribution in [2.75, 3.05) is 0 Å². The van der Waals surface area contributed by atoms with Crippen molar-refractivity contribution in [3.63, 3.8) is 0 Å². The molecule has 4 nitrogen and oxygen atoms in total. The molecule has 3 heterocycles. The molecule has 0 aliphatic rings. The third kappa shape index (κ3) is 3.22. The molecular weight excluding hydrogens is 490 g/mol. The van der Waals surface area contributed by atoms with Crippen LogP contribution in [0.25, 0.3) is 71.7 Å². The summed E-state index contributed by atoms with van der Waals surface area (Å²) in [7, 11) is 0. The maximum atomic E-state index is 9.54. The smallest absolute Gasteiger partial charge is 0.145 e. The zero-order chi connectivity index (χ0) is 26.6. The molecule has 4 heteroatoms. The van der Waals surface area contributed by atoms with Crippen LogP contribution in [0.15, 0.2) is 132 Å². The largest absolute Gasteiger partial charge is 0.455 e. The van der Waals surface area contributed by atoms with Gasteiger partial charge in [0.1, 0.15) is 17.2 Å². The standard InChI is InChI=1S/C36H21N3O/c37-21-25-22-38-20-19-26(25)23-13-15-24(16-14-23)27-7-1-4-10-31(27)39-32-11-5-2-9-30(32)35-33(39)18-17-29-28-8-3-6-12-34(28)40-36(29)35/h1-20,22H. The van der Waals surface area contributed by atoms with Gasteiger partial charge >= 0.3 is 0 Å². The van der Waals surface area contributed by atoms with E-state index in [0.29, 0.717) is 5.56 Å². The van der Waals surface area contributed by atoms with Gasteiger partial charge in [0.2, 0.25) is 0 Å². The predicted molar refractivity (Wildman–Crippen MR) is 161 cm³/mol. The molecule has 0 atom stereocenters. The van der Waals surface area contributed by atoms with Gasteiger partial charge in [0, 0.05) is 39.7 Å². The lowest BCUT2D eigenvalue weighted by Gasteiger charge is -2.14. The van der Waals surface area contributed by atoms with Gasteiger partial charge in [-0.3, -0.25) is 4.98 Å². The highest BCUT2D eigenvalue weighted by molar-refractivity contribution is 6.24. The molecule has 3 aromatic heterocycles. The zero-order valence-electron chi connectivity index (χ0n) is 21.4. The minimum atomic E-state index is 0.567. The number of pyridine rings is 1. The van der Waals surface area contributed by atoms with E-state index in [0.717, 1.165) is 71.7 Å². The third-order valence-corrected chi connectivity index (χ3v) is 7.77. The molecule has 0 aliphatic heterocycles. The van der Waals surface area contributed by atoms with E-state index in [2.05, 4.69) is 113 Å². The fourth-order valence-electron chi connectivity index (χ4n) is 5.97. The molecule has 0 spiro atoms. The van der Waals surface area contributed by atoms with Gasteiger partial charge in [-0.2, -0.15) is 5.26 Å². The third-order valence-electron chi connectivity index (χ3n) is 7.77. The second kappa shape index (κ2) is 8.69. The van der Waals surface area contributed by atoms with Gasteiger partial charge in [0.15, 0.2) is 0 Å². The molecule has 5 aromatic carbocycles. The van der Waals surface area contributed by atoms with Crippen molar-refractivity contribution in [2.24, 2.45) is 0 Å². The van der Waals surface area contributed by atoms with Crippen LogP contribution < -0.4 is 0 Å². The first kappa shape index (κ1) is 22.3. The molecule has 0 bridgehead atoms. The number of hydrogen-bond acceptors (Lipinski definition) is 3. The maximum Gasteiger partial charge on any atom is 0.145 e. The number of nitrogens with zero attached hydrogens (tertiary/aromatic N) is 3. The van der Waals surface area contributed by atoms with Crippen LogP contribution in [-0.2, 0) is 0 Å². The van der Waals surface area contributed by atoms with Crippen molar-refractivity contribution in [1.29, 1.82) is 5.26 Å². The van der Waals surface area contributed by atoms with Crippen LogP contribution in [0.1, 0.15) is 5.56 Å². The van der Waals surface area contributed by atoms with E-state index < -0.39 is 0 Å². The number of rotatable bonds is 3. The number of furan rings is 1. The Balaban J connectivity index is 1.37. The molecule has 0 unspecified atom stereocenters. The quantitative estimate of drug-likeness (QED) is 0.237. The van der Waals surface area contributed by atoms with E-state index in [1.165, 1.54) is 0 Å². The SMILES string of the molecule is N#Cc1cnccc1-c1ccc(-c2ccccc2-n2c3ccccc3c3c4oc5ccccc5c4ccc32)cc1. The summed E-state index contributed by atoms with van der Waals surface area (Å²) in [6.45, 7) is 0. The lowest BCUT2D eigenvalue weighted by atomic mass is 9.97. The first-order valence-corrected chi connectivity index (χ1v) is 13.2. The molecule has 0 saturated heterocycles. The fraction of sp³-hybridized carbons (Fsp3) is 0. The summed E-state index contributed by atoms with van der Waals surface area (Å²) in [5.74, 6) is 0. The minimum absolute atomic E-state index is 0.567. The molecule has 0 fully saturated rings. The van der Waals surface area contributed by atoms with Crippen molar-refractivity contribution in [2.45, 2.75) is 0 Å². The molecule has 0 aliphatic carbocycles. The second-order valence-electron chi connectivity index (χ2n) is 9.91. The summed E-state index contributed by atoms with van der Waals surface area (Å²) in [4.78, 5) is 4.10. The molecule has 0 amide bonds. The maximum absolute atomic E-state index is 9.54. The Morgan fingerprint density at radius 1 is 0.625 bits per heavy atom. The Morgan fingerprint density at radius 3 is 2.20 bits per heavy atom. The highest BCUT2D eigenvalue weighted by atomic mass is 16.3. The average Bonchev–Trinajstić information content (AvgIpc) is 3.57. The van der Waals surface area contributed by atoms with E-state index in [4.69, 9.17) is 4.42 Å². The summed E-state index contributed by atoms with van der Waals surface area (Å²) in [5, 5.41) is 14.1. The Labute approximate surface area is 230 Å². The number of nitriles is 1. The second-order valence-corrected chi connectivity index (χ2v) is 9.91. The van der Waals surface area contributed by atoms with Gasteiger partial charge in [-0.05, 0) is 47.5 Å². The fourth-order valence-corrected chi connectivity index (χ4v) is 5.97. The van der Waals surface area contributed by atoms with E-state index in [1.54, 1.807) is 12.4 Å². The molecule has 8 aromatic rings. The van der Waals surface area contributed by atoms with E-state index in [-0.39, 0.29) is 0 Å². The molecule has 186 valence electrons. The van der Waals surface area contributed by atoms with Gasteiger partial charge in [0.25, 0.3) is 0 Å². The highest BCUT2D eigenvalue weighted by Crippen LogP contribution is 2.42. The van der Waals surface area contributed by atoms with Crippen LogP contribution >= 0.6 is 0 Å². The van der Waals surface area contributed by atoms with Crippen LogP contribution in [0.3, 0.4) is 0 Å². The van der Waals surface area contributed by atoms with Gasteiger partial charge in [0.05, 0.1) is 27.7 Å². The Hall–Kier alpha value is -5.66. The number of hydrogen-bond donors (Lipinski definition) is 0. The first-order valence-electron chi connectivity index (χ1n) is 13.2. The number of aromatic nitrogens is 2. The van der Waals surface area contributed by atoms with Gasteiger partial charge in [-0.15, -0.1) is 0 Å². The van der Waals surface area contributed by atoms with Crippen LogP contribution in [0.5, 0.6) is 0 Å². The molecule has 0 radical (unpaired) electrons. The summed E-state index contributed by atoms with van der Waals surface area (Å²) in [6, 6.07) is 42.2. The summed E-state index contributed by atoms with van der Waals surface area (Å²) in [5.41, 5.74) is 9.81. The molecule has 0 N–H and O–H groups in total. The lowest BCUT2D eigenvalue weighted by molar-refractivity contribution is 0.673. The van der Waals surface area contributed by atoms with Crippen molar-refractivity contribution < 1.29 is 4.42 Å². The summed E-state index contributed by atoms with van der Waals surface area (Å²) >= 11 is 0. The highest BCUT2D eigenvalue weighted by Gasteiger charge is 2.20. The van der Waals surface area contributed by atoms with Gasteiger partial charge in [-0.25, -0.2) is 0 Å².